The highest BCUT2D eigenvalue weighted by molar-refractivity contribution is 7.99. The van der Waals surface area contributed by atoms with Gasteiger partial charge in [-0.05, 0) is 78.3 Å². The molecule has 170 valence electrons. The van der Waals surface area contributed by atoms with E-state index in [4.69, 9.17) is 4.98 Å². The first-order valence-corrected chi connectivity index (χ1v) is 12.5. The molecule has 0 saturated heterocycles. The largest absolute Gasteiger partial charge is 0.326 e. The Morgan fingerprint density at radius 1 is 1.03 bits per heavy atom. The molecule has 3 aromatic carbocycles. The van der Waals surface area contributed by atoms with Gasteiger partial charge in [-0.1, -0.05) is 39.0 Å². The molecule has 0 radical (unpaired) electrons. The van der Waals surface area contributed by atoms with Crippen LogP contribution in [0.1, 0.15) is 31.9 Å². The van der Waals surface area contributed by atoms with Crippen LogP contribution in [0, 0.1) is 12.8 Å². The highest BCUT2D eigenvalue weighted by Crippen LogP contribution is 2.28. The van der Waals surface area contributed by atoms with Gasteiger partial charge in [0.1, 0.15) is 5.82 Å². The van der Waals surface area contributed by atoms with Crippen molar-refractivity contribution >= 4 is 34.4 Å². The van der Waals surface area contributed by atoms with Crippen molar-refractivity contribution in [1.29, 1.82) is 0 Å². The number of aryl methyl sites for hydroxylation is 1. The number of benzene rings is 3. The molecule has 4 aromatic rings. The summed E-state index contributed by atoms with van der Waals surface area (Å²) in [5.41, 5.74) is 6.27. The second-order valence-corrected chi connectivity index (χ2v) is 10.1. The normalized spacial score (nSPS) is 11.3. The van der Waals surface area contributed by atoms with Crippen LogP contribution in [-0.4, -0.2) is 21.2 Å². The van der Waals surface area contributed by atoms with E-state index in [-0.39, 0.29) is 5.91 Å². The minimum atomic E-state index is -0.0128. The third-order valence-electron chi connectivity index (χ3n) is 5.48. The lowest BCUT2D eigenvalue weighted by atomic mass is 10.1. The average Bonchev–Trinajstić information content (AvgIpc) is 3.13. The summed E-state index contributed by atoms with van der Waals surface area (Å²) < 4.78 is 2.31. The highest BCUT2D eigenvalue weighted by Gasteiger charge is 2.14. The fraction of sp³-hybridized carbons (Fsp3) is 0.286. The van der Waals surface area contributed by atoms with E-state index >= 15 is 0 Å². The molecule has 1 aromatic heterocycles. The maximum absolute atomic E-state index is 12.5. The fourth-order valence-electron chi connectivity index (χ4n) is 3.97. The van der Waals surface area contributed by atoms with Crippen molar-refractivity contribution in [1.82, 2.24) is 9.55 Å². The van der Waals surface area contributed by atoms with Crippen molar-refractivity contribution < 1.29 is 4.79 Å². The Morgan fingerprint density at radius 3 is 2.42 bits per heavy atom. The zero-order valence-electron chi connectivity index (χ0n) is 19.8. The molecule has 4 nitrogen and oxygen atoms in total. The standard InChI is InChI=1S/C28H31N3OS/c1-5-33-24-13-7-21(8-14-24)17-27(32)29-23-11-9-22(10-12-23)28-30-25-15-6-20(4)16-26(25)31(28)18-19(2)3/h6-16,19H,5,17-18H2,1-4H3,(H,29,32). The van der Waals surface area contributed by atoms with Gasteiger partial charge in [-0.3, -0.25) is 4.79 Å². The Morgan fingerprint density at radius 2 is 1.76 bits per heavy atom. The summed E-state index contributed by atoms with van der Waals surface area (Å²) in [4.78, 5) is 18.7. The van der Waals surface area contributed by atoms with E-state index in [1.807, 2.05) is 36.4 Å². The molecule has 0 aliphatic rings. The van der Waals surface area contributed by atoms with E-state index in [0.717, 1.165) is 40.5 Å². The molecule has 4 rings (SSSR count). The van der Waals surface area contributed by atoms with E-state index in [9.17, 15) is 4.79 Å². The van der Waals surface area contributed by atoms with Gasteiger partial charge in [0, 0.05) is 22.7 Å². The smallest absolute Gasteiger partial charge is 0.228 e. The topological polar surface area (TPSA) is 46.9 Å². The summed E-state index contributed by atoms with van der Waals surface area (Å²) in [6.45, 7) is 9.60. The van der Waals surface area contributed by atoms with Crippen LogP contribution in [0.2, 0.25) is 0 Å². The molecule has 0 unspecified atom stereocenters. The Hall–Kier alpha value is -3.05. The van der Waals surface area contributed by atoms with E-state index < -0.39 is 0 Å². The Labute approximate surface area is 200 Å². The molecule has 33 heavy (non-hydrogen) atoms. The number of carbonyl (C=O) groups is 1. The number of amides is 1. The van der Waals surface area contributed by atoms with Crippen molar-refractivity contribution in [2.24, 2.45) is 5.92 Å². The molecule has 0 atom stereocenters. The number of nitrogens with zero attached hydrogens (tertiary/aromatic N) is 2. The molecule has 1 N–H and O–H groups in total. The number of rotatable bonds is 8. The average molecular weight is 458 g/mol. The molecule has 1 heterocycles. The van der Waals surface area contributed by atoms with Crippen molar-refractivity contribution in [2.75, 3.05) is 11.1 Å². The molecule has 0 aliphatic heterocycles. The van der Waals surface area contributed by atoms with Crippen LogP contribution in [-0.2, 0) is 17.8 Å². The minimum absolute atomic E-state index is 0.0128. The van der Waals surface area contributed by atoms with Crippen LogP contribution in [0.25, 0.3) is 22.4 Å². The predicted octanol–water partition coefficient (Wildman–Crippen LogP) is 6.96. The number of carbonyl (C=O) groups excluding carboxylic acids is 1. The molecule has 0 bridgehead atoms. The first-order chi connectivity index (χ1) is 15.9. The quantitative estimate of drug-likeness (QED) is 0.291. The first kappa shape index (κ1) is 23.1. The molecule has 5 heteroatoms. The summed E-state index contributed by atoms with van der Waals surface area (Å²) >= 11 is 1.80. The summed E-state index contributed by atoms with van der Waals surface area (Å²) in [6, 6.07) is 22.6. The Kier molecular flexibility index (Phi) is 7.19. The molecule has 0 aliphatic carbocycles. The molecule has 0 fully saturated rings. The van der Waals surface area contributed by atoms with E-state index in [0.29, 0.717) is 12.3 Å². The monoisotopic (exact) mass is 457 g/mol. The molecule has 0 saturated carbocycles. The van der Waals surface area contributed by atoms with Gasteiger partial charge in [-0.25, -0.2) is 4.98 Å². The van der Waals surface area contributed by atoms with Crippen LogP contribution < -0.4 is 5.32 Å². The molecular formula is C28H31N3OS. The number of nitrogens with one attached hydrogen (secondary N) is 1. The van der Waals surface area contributed by atoms with E-state index in [1.165, 1.54) is 16.0 Å². The van der Waals surface area contributed by atoms with Gasteiger partial charge in [0.25, 0.3) is 0 Å². The second-order valence-electron chi connectivity index (χ2n) is 8.81. The lowest BCUT2D eigenvalue weighted by molar-refractivity contribution is -0.115. The van der Waals surface area contributed by atoms with Crippen molar-refractivity contribution in [3.05, 3.63) is 77.9 Å². The van der Waals surface area contributed by atoms with E-state index in [2.05, 4.69) is 67.9 Å². The van der Waals surface area contributed by atoms with Gasteiger partial charge in [0.15, 0.2) is 0 Å². The van der Waals surface area contributed by atoms with Gasteiger partial charge in [0.2, 0.25) is 5.91 Å². The minimum Gasteiger partial charge on any atom is -0.326 e. The number of anilines is 1. The third-order valence-corrected chi connectivity index (χ3v) is 6.37. The first-order valence-electron chi connectivity index (χ1n) is 11.5. The third kappa shape index (κ3) is 5.66. The zero-order chi connectivity index (χ0) is 23.4. The molecular weight excluding hydrogens is 426 g/mol. The fourth-order valence-corrected chi connectivity index (χ4v) is 4.63. The molecule has 0 spiro atoms. The van der Waals surface area contributed by atoms with Crippen molar-refractivity contribution in [3.8, 4) is 11.4 Å². The number of hydrogen-bond acceptors (Lipinski definition) is 3. The van der Waals surface area contributed by atoms with Gasteiger partial charge >= 0.3 is 0 Å². The second kappa shape index (κ2) is 10.3. The van der Waals surface area contributed by atoms with Crippen LogP contribution >= 0.6 is 11.8 Å². The maximum atomic E-state index is 12.5. The van der Waals surface area contributed by atoms with E-state index in [1.54, 1.807) is 11.8 Å². The lowest BCUT2D eigenvalue weighted by Crippen LogP contribution is -2.14. The number of imidazole rings is 1. The van der Waals surface area contributed by atoms with Crippen LogP contribution in [0.5, 0.6) is 0 Å². The SMILES string of the molecule is CCSc1ccc(CC(=O)Nc2ccc(-c3nc4ccc(C)cc4n3CC(C)C)cc2)cc1. The summed E-state index contributed by atoms with van der Waals surface area (Å²) in [7, 11) is 0. The lowest BCUT2D eigenvalue weighted by Gasteiger charge is -2.13. The number of hydrogen-bond donors (Lipinski definition) is 1. The predicted molar refractivity (Wildman–Crippen MR) is 140 cm³/mol. The van der Waals surface area contributed by atoms with Crippen LogP contribution in [0.4, 0.5) is 5.69 Å². The summed E-state index contributed by atoms with van der Waals surface area (Å²) in [5, 5.41) is 3.02. The van der Waals surface area contributed by atoms with Crippen LogP contribution in [0.3, 0.4) is 0 Å². The molecule has 1 amide bonds. The zero-order valence-corrected chi connectivity index (χ0v) is 20.6. The number of aromatic nitrogens is 2. The van der Waals surface area contributed by atoms with Crippen molar-refractivity contribution in [2.45, 2.75) is 45.6 Å². The van der Waals surface area contributed by atoms with Crippen LogP contribution in [0.15, 0.2) is 71.6 Å². The van der Waals surface area contributed by atoms with Gasteiger partial charge in [-0.15, -0.1) is 11.8 Å². The van der Waals surface area contributed by atoms with Gasteiger partial charge < -0.3 is 9.88 Å². The maximum Gasteiger partial charge on any atom is 0.228 e. The number of thioether (sulfide) groups is 1. The Bertz CT molecular complexity index is 1240. The van der Waals surface area contributed by atoms with Crippen molar-refractivity contribution in [3.63, 3.8) is 0 Å². The van der Waals surface area contributed by atoms with Gasteiger partial charge in [0.05, 0.1) is 17.5 Å². The Balaban J connectivity index is 1.50. The number of fused-ring (bicyclic) bond motifs is 1. The summed E-state index contributed by atoms with van der Waals surface area (Å²) in [5.74, 6) is 2.51. The highest BCUT2D eigenvalue weighted by atomic mass is 32.2. The van der Waals surface area contributed by atoms with Gasteiger partial charge in [-0.2, -0.15) is 0 Å². The summed E-state index contributed by atoms with van der Waals surface area (Å²) in [6.07, 6.45) is 0.363.